The third-order valence-electron chi connectivity index (χ3n) is 10.8. The highest BCUT2D eigenvalue weighted by molar-refractivity contribution is 6.13. The molecule has 0 aliphatic heterocycles. The quantitative estimate of drug-likeness (QED) is 0.173. The van der Waals surface area contributed by atoms with Crippen molar-refractivity contribution in [2.24, 2.45) is 0 Å². The molecular weight excluding hydrogens is 671 g/mol. The zero-order valence-electron chi connectivity index (χ0n) is 30.7. The second-order valence-electron chi connectivity index (χ2n) is 14.0. The Hall–Kier alpha value is -7.36. The zero-order valence-corrected chi connectivity index (χ0v) is 29.7. The maximum absolute atomic E-state index is 8.76. The Morgan fingerprint density at radius 1 is 0.345 bits per heavy atom. The minimum absolute atomic E-state index is 0.456. The summed E-state index contributed by atoms with van der Waals surface area (Å²) in [5, 5.41) is 6.50. The maximum Gasteiger partial charge on any atom is 0.136 e. The molecule has 55 heavy (non-hydrogen) atoms. The first-order valence-electron chi connectivity index (χ1n) is 19.1. The first-order valence-corrected chi connectivity index (χ1v) is 18.6. The fourth-order valence-corrected chi connectivity index (χ4v) is 8.27. The molecule has 0 radical (unpaired) electrons. The van der Waals surface area contributed by atoms with Crippen molar-refractivity contribution in [1.82, 2.24) is 0 Å². The van der Waals surface area contributed by atoms with Crippen LogP contribution >= 0.6 is 0 Å². The number of benzene rings is 9. The molecular formula is C52H33NO2. The summed E-state index contributed by atoms with van der Waals surface area (Å²) in [7, 11) is 0. The molecule has 3 heteroatoms. The normalized spacial score (nSPS) is 11.9. The van der Waals surface area contributed by atoms with Gasteiger partial charge in [0.15, 0.2) is 0 Å². The lowest BCUT2D eigenvalue weighted by Crippen LogP contribution is -2.10. The van der Waals surface area contributed by atoms with E-state index in [0.717, 1.165) is 83.2 Å². The molecule has 0 bridgehead atoms. The van der Waals surface area contributed by atoms with Gasteiger partial charge in [-0.3, -0.25) is 0 Å². The molecule has 0 unspecified atom stereocenters. The van der Waals surface area contributed by atoms with E-state index >= 15 is 0 Å². The van der Waals surface area contributed by atoms with E-state index in [1.54, 1.807) is 0 Å². The number of hydrogen-bond donors (Lipinski definition) is 0. The number of para-hydroxylation sites is 2. The Balaban J connectivity index is 1.06. The van der Waals surface area contributed by atoms with E-state index in [9.17, 15) is 0 Å². The second kappa shape index (κ2) is 12.6. The van der Waals surface area contributed by atoms with Crippen LogP contribution in [0.2, 0.25) is 0 Å². The summed E-state index contributed by atoms with van der Waals surface area (Å²) in [6.45, 7) is 0. The third kappa shape index (κ3) is 5.20. The summed E-state index contributed by atoms with van der Waals surface area (Å²) in [5.74, 6) is 0. The second-order valence-corrected chi connectivity index (χ2v) is 14.0. The van der Waals surface area contributed by atoms with Gasteiger partial charge in [-0.25, -0.2) is 0 Å². The lowest BCUT2D eigenvalue weighted by Gasteiger charge is -2.26. The Morgan fingerprint density at radius 3 is 1.60 bits per heavy atom. The van der Waals surface area contributed by atoms with E-state index in [1.807, 2.05) is 48.5 Å². The molecule has 258 valence electrons. The molecule has 9 aromatic carbocycles. The third-order valence-corrected chi connectivity index (χ3v) is 10.8. The first-order chi connectivity index (χ1) is 27.7. The predicted molar refractivity (Wildman–Crippen MR) is 229 cm³/mol. The van der Waals surface area contributed by atoms with Gasteiger partial charge in [0.25, 0.3) is 0 Å². The Morgan fingerprint density at radius 2 is 0.855 bits per heavy atom. The van der Waals surface area contributed by atoms with Crippen molar-refractivity contribution in [3.63, 3.8) is 0 Å². The highest BCUT2D eigenvalue weighted by Crippen LogP contribution is 2.43. The van der Waals surface area contributed by atoms with E-state index in [4.69, 9.17) is 10.2 Å². The fraction of sp³-hybridized carbons (Fsp3) is 0. The number of anilines is 3. The van der Waals surface area contributed by atoms with E-state index in [1.165, 1.54) is 21.9 Å². The van der Waals surface area contributed by atoms with Gasteiger partial charge in [0.1, 0.15) is 22.3 Å². The van der Waals surface area contributed by atoms with Crippen LogP contribution in [0.15, 0.2) is 209 Å². The van der Waals surface area contributed by atoms with Gasteiger partial charge < -0.3 is 13.7 Å². The van der Waals surface area contributed by atoms with Crippen LogP contribution in [0.3, 0.4) is 0 Å². The number of furan rings is 2. The summed E-state index contributed by atoms with van der Waals surface area (Å²) in [4.78, 5) is 2.32. The van der Waals surface area contributed by atoms with Gasteiger partial charge in [0.05, 0.1) is 1.37 Å². The van der Waals surface area contributed by atoms with Gasteiger partial charge in [-0.05, 0) is 105 Å². The first kappa shape index (κ1) is 30.1. The lowest BCUT2D eigenvalue weighted by atomic mass is 9.97. The number of nitrogens with zero attached hydrogens (tertiary/aromatic N) is 1. The molecule has 0 aliphatic carbocycles. The van der Waals surface area contributed by atoms with Crippen molar-refractivity contribution < 1.29 is 10.2 Å². The summed E-state index contributed by atoms with van der Waals surface area (Å²) in [6, 6.07) is 68.2. The van der Waals surface area contributed by atoms with E-state index in [2.05, 4.69) is 150 Å². The van der Waals surface area contributed by atoms with Crippen molar-refractivity contribution >= 4 is 71.7 Å². The summed E-state index contributed by atoms with van der Waals surface area (Å²) >= 11 is 0. The van der Waals surface area contributed by atoms with Crippen LogP contribution in [0.25, 0.3) is 88.0 Å². The van der Waals surface area contributed by atoms with Crippen LogP contribution < -0.4 is 4.90 Å². The van der Waals surface area contributed by atoms with Crippen LogP contribution in [0.5, 0.6) is 0 Å². The lowest BCUT2D eigenvalue weighted by molar-refractivity contribution is 0.668. The monoisotopic (exact) mass is 704 g/mol. The molecule has 0 aliphatic rings. The highest BCUT2D eigenvalue weighted by atomic mass is 16.3. The van der Waals surface area contributed by atoms with Crippen LogP contribution in [-0.2, 0) is 0 Å². The van der Waals surface area contributed by atoms with Crippen LogP contribution in [0, 0.1) is 0 Å². The van der Waals surface area contributed by atoms with Crippen LogP contribution in [0.1, 0.15) is 1.37 Å². The molecule has 0 saturated carbocycles. The molecule has 11 rings (SSSR count). The molecule has 0 atom stereocenters. The largest absolute Gasteiger partial charge is 0.456 e. The van der Waals surface area contributed by atoms with E-state index < -0.39 is 0 Å². The molecule has 0 fully saturated rings. The molecule has 0 saturated heterocycles. The van der Waals surface area contributed by atoms with E-state index in [0.29, 0.717) is 6.04 Å². The van der Waals surface area contributed by atoms with Crippen LogP contribution in [-0.4, -0.2) is 0 Å². The smallest absolute Gasteiger partial charge is 0.136 e. The molecule has 0 spiro atoms. The van der Waals surface area contributed by atoms with Gasteiger partial charge >= 0.3 is 0 Å². The number of rotatable bonds is 6. The van der Waals surface area contributed by atoms with Crippen molar-refractivity contribution in [2.75, 3.05) is 4.90 Å². The Kier molecular flexibility index (Phi) is 6.93. The van der Waals surface area contributed by atoms with Gasteiger partial charge in [0.2, 0.25) is 0 Å². The van der Waals surface area contributed by atoms with Gasteiger partial charge in [-0.2, -0.15) is 0 Å². The van der Waals surface area contributed by atoms with Gasteiger partial charge in [-0.15, -0.1) is 0 Å². The standard InChI is InChI=1S/C52H33NO2/c1-2-15-41-34(11-1)12-8-18-42(41)35-25-29-38(30-26-35)53(39-31-27-36(28-32-39)43-19-9-23-49-51(43)45-16-3-5-21-47(45)54-49)40-14-7-13-37(33-40)44-20-10-24-50-52(44)46-17-4-6-22-48(46)55-50/h1-33H/i17D. The number of fused-ring (bicyclic) bond motifs is 7. The van der Waals surface area contributed by atoms with Crippen molar-refractivity contribution in [1.29, 1.82) is 0 Å². The minimum Gasteiger partial charge on any atom is -0.456 e. The van der Waals surface area contributed by atoms with Crippen LogP contribution in [0.4, 0.5) is 17.1 Å². The molecule has 0 N–H and O–H groups in total. The Bertz CT molecular complexity index is 3260. The zero-order chi connectivity index (χ0) is 37.2. The topological polar surface area (TPSA) is 29.5 Å². The molecule has 11 aromatic rings. The van der Waals surface area contributed by atoms with Crippen molar-refractivity contribution in [2.45, 2.75) is 0 Å². The molecule has 2 aromatic heterocycles. The molecule has 3 nitrogen and oxygen atoms in total. The molecule has 2 heterocycles. The summed E-state index contributed by atoms with van der Waals surface area (Å²) in [5.41, 5.74) is 13.1. The van der Waals surface area contributed by atoms with Gasteiger partial charge in [0, 0.05) is 38.6 Å². The predicted octanol–water partition coefficient (Wildman–Crippen LogP) is 15.1. The van der Waals surface area contributed by atoms with Crippen molar-refractivity contribution in [3.05, 3.63) is 200 Å². The maximum atomic E-state index is 8.76. The highest BCUT2D eigenvalue weighted by Gasteiger charge is 2.18. The van der Waals surface area contributed by atoms with Crippen molar-refractivity contribution in [3.8, 4) is 33.4 Å². The van der Waals surface area contributed by atoms with E-state index in [-0.39, 0.29) is 0 Å². The minimum atomic E-state index is 0.456. The fourth-order valence-electron chi connectivity index (χ4n) is 8.27. The average Bonchev–Trinajstić information content (AvgIpc) is 3.84. The summed E-state index contributed by atoms with van der Waals surface area (Å²) < 4.78 is 21.2. The molecule has 0 amide bonds. The number of hydrogen-bond acceptors (Lipinski definition) is 3. The Labute approximate surface area is 319 Å². The summed E-state index contributed by atoms with van der Waals surface area (Å²) in [6.07, 6.45) is 0. The SMILES string of the molecule is [2H]c1cccc2oc3cccc(-c4cccc(N(c5ccc(-c6cccc7ccccc67)cc5)c5ccc(-c6cccc7oc8ccccc8c67)cc5)c4)c3c12. The van der Waals surface area contributed by atoms with Gasteiger partial charge in [-0.1, -0.05) is 140 Å². The average molecular weight is 705 g/mol.